The van der Waals surface area contributed by atoms with Gasteiger partial charge in [0.1, 0.15) is 11.6 Å². The predicted molar refractivity (Wildman–Crippen MR) is 88.7 cm³/mol. The Bertz CT molecular complexity index is 638. The zero-order valence-electron chi connectivity index (χ0n) is 12.4. The first-order chi connectivity index (χ1) is 9.31. The quantitative estimate of drug-likeness (QED) is 0.709. The van der Waals surface area contributed by atoms with Crippen LogP contribution in [0.15, 0.2) is 12.1 Å². The molecule has 0 unspecified atom stereocenters. The Labute approximate surface area is 125 Å². The number of benzene rings is 1. The van der Waals surface area contributed by atoms with Gasteiger partial charge in [-0.3, -0.25) is 0 Å². The van der Waals surface area contributed by atoms with Crippen molar-refractivity contribution >= 4 is 41.6 Å². The lowest BCUT2D eigenvalue weighted by molar-refractivity contribution is 0.824. The highest BCUT2D eigenvalue weighted by Crippen LogP contribution is 2.16. The van der Waals surface area contributed by atoms with Crippen molar-refractivity contribution < 1.29 is 0 Å². The van der Waals surface area contributed by atoms with Crippen molar-refractivity contribution in [3.63, 3.8) is 0 Å². The number of hydrogen-bond acceptors (Lipinski definition) is 2. The van der Waals surface area contributed by atoms with Crippen LogP contribution in [0.1, 0.15) is 22.8 Å². The Morgan fingerprint density at radius 2 is 1.65 bits per heavy atom. The zero-order chi connectivity index (χ0) is 15.0. The van der Waals surface area contributed by atoms with Gasteiger partial charge < -0.3 is 0 Å². The molecule has 92 valence electrons. The average molecular weight is 254 g/mol. The lowest BCUT2D eigenvalue weighted by atomic mass is 8.86. The molecule has 0 aliphatic heterocycles. The fourth-order valence-electron chi connectivity index (χ4n) is 2.37. The third-order valence-corrected chi connectivity index (χ3v) is 3.46. The van der Waals surface area contributed by atoms with E-state index >= 15 is 0 Å². The second-order valence-electron chi connectivity index (χ2n) is 5.22. The smallest absolute Gasteiger partial charge is 0.148 e. The van der Waals surface area contributed by atoms with Gasteiger partial charge in [-0.25, -0.2) is 9.67 Å². The second kappa shape index (κ2) is 5.59. The van der Waals surface area contributed by atoms with Crippen LogP contribution in [0.3, 0.4) is 0 Å². The van der Waals surface area contributed by atoms with E-state index in [-0.39, 0.29) is 6.49 Å². The van der Waals surface area contributed by atoms with Crippen molar-refractivity contribution in [2.45, 2.75) is 27.7 Å². The molecular weight excluding hydrogens is 240 g/mol. The van der Waals surface area contributed by atoms with Crippen LogP contribution >= 0.6 is 0 Å². The molecule has 0 N–H and O–H groups in total. The summed E-state index contributed by atoms with van der Waals surface area (Å²) in [6.07, 6.45) is -0.575. The van der Waals surface area contributed by atoms with E-state index in [1.54, 1.807) is 0 Å². The zero-order valence-corrected chi connectivity index (χ0v) is 12.4. The van der Waals surface area contributed by atoms with E-state index in [9.17, 15) is 0 Å². The molecule has 2 rings (SSSR count). The minimum absolute atomic E-state index is 0.374. The summed E-state index contributed by atoms with van der Waals surface area (Å²) < 4.78 is 1.84. The number of aromatic nitrogens is 3. The summed E-state index contributed by atoms with van der Waals surface area (Å²) in [5, 5.41) is 4.42. The molecule has 0 saturated heterocycles. The third-order valence-electron chi connectivity index (χ3n) is 3.46. The summed E-state index contributed by atoms with van der Waals surface area (Å²) in [5.41, 5.74) is 4.08. The Hall–Kier alpha value is -1.32. The molecule has 0 bridgehead atoms. The van der Waals surface area contributed by atoms with Gasteiger partial charge in [-0.2, -0.15) is 5.10 Å². The maximum absolute atomic E-state index is 6.05. The third kappa shape index (κ3) is 2.74. The van der Waals surface area contributed by atoms with Crippen molar-refractivity contribution in [2.24, 2.45) is 0 Å². The standard InChI is InChI=1S/C12H14B5N3/c1-7-6-12(20-10(4)18-9(3)19-20)8(2)5-11(7)16(13)17(14)15/h5-6H,1-4H3. The number of rotatable bonds is 3. The molecule has 0 fully saturated rings. The van der Waals surface area contributed by atoms with Gasteiger partial charge in [-0.1, -0.05) is 17.1 Å². The molecule has 3 nitrogen and oxygen atoms in total. The van der Waals surface area contributed by atoms with Crippen molar-refractivity contribution in [2.75, 3.05) is 0 Å². The molecule has 6 radical (unpaired) electrons. The molecule has 0 spiro atoms. The van der Waals surface area contributed by atoms with E-state index in [2.05, 4.69) is 10.1 Å². The van der Waals surface area contributed by atoms with E-state index in [0.29, 0.717) is 0 Å². The van der Waals surface area contributed by atoms with Crippen LogP contribution in [0.5, 0.6) is 0 Å². The molecule has 1 aromatic carbocycles. The number of hydrogen-bond donors (Lipinski definition) is 0. The Morgan fingerprint density at radius 1 is 1.00 bits per heavy atom. The van der Waals surface area contributed by atoms with E-state index in [4.69, 9.17) is 23.2 Å². The Morgan fingerprint density at radius 3 is 2.15 bits per heavy atom. The van der Waals surface area contributed by atoms with Gasteiger partial charge >= 0.3 is 0 Å². The molecule has 0 saturated carbocycles. The lowest BCUT2D eigenvalue weighted by Crippen LogP contribution is -2.49. The Kier molecular flexibility index (Phi) is 4.21. The molecule has 0 aliphatic rings. The van der Waals surface area contributed by atoms with Crippen LogP contribution in [-0.4, -0.2) is 50.9 Å². The van der Waals surface area contributed by atoms with Gasteiger partial charge in [0.25, 0.3) is 0 Å². The van der Waals surface area contributed by atoms with Crippen LogP contribution in [0.4, 0.5) is 0 Å². The van der Waals surface area contributed by atoms with Gasteiger partial charge in [0.2, 0.25) is 0 Å². The summed E-state index contributed by atoms with van der Waals surface area (Å²) in [5.74, 6) is 1.61. The fraction of sp³-hybridized carbons (Fsp3) is 0.333. The first kappa shape index (κ1) is 15.1. The highest BCUT2D eigenvalue weighted by molar-refractivity contribution is 7.69. The molecule has 0 aliphatic carbocycles. The van der Waals surface area contributed by atoms with Gasteiger partial charge in [-0.05, 0) is 39.3 Å². The summed E-state index contributed by atoms with van der Waals surface area (Å²) in [6.45, 7) is 7.46. The highest BCUT2D eigenvalue weighted by Gasteiger charge is 2.18. The minimum Gasteiger partial charge on any atom is -0.218 e. The van der Waals surface area contributed by atoms with Crippen molar-refractivity contribution in [3.8, 4) is 5.69 Å². The largest absolute Gasteiger partial charge is 0.218 e. The highest BCUT2D eigenvalue weighted by atomic mass is 15.3. The van der Waals surface area contributed by atoms with Crippen molar-refractivity contribution in [1.29, 1.82) is 0 Å². The SMILES string of the molecule is [B]B([B])B([B])c1cc(C)c(-n2nc(C)nc2C)cc1C. The lowest BCUT2D eigenvalue weighted by Gasteiger charge is -2.19. The Balaban J connectivity index is 2.53. The second-order valence-corrected chi connectivity index (χ2v) is 5.22. The van der Waals surface area contributed by atoms with Crippen LogP contribution in [0, 0.1) is 27.7 Å². The molecule has 8 heteroatoms. The molecule has 2 aromatic rings. The molecule has 0 amide bonds. The summed E-state index contributed by atoms with van der Waals surface area (Å²) in [4.78, 5) is 4.33. The van der Waals surface area contributed by atoms with E-state index in [0.717, 1.165) is 33.9 Å². The number of aryl methyl sites for hydroxylation is 4. The van der Waals surface area contributed by atoms with Crippen LogP contribution in [0.25, 0.3) is 5.69 Å². The van der Waals surface area contributed by atoms with Crippen molar-refractivity contribution in [1.82, 2.24) is 14.8 Å². The van der Waals surface area contributed by atoms with E-state index < -0.39 is 6.39 Å². The van der Waals surface area contributed by atoms with Crippen LogP contribution < -0.4 is 5.46 Å². The monoisotopic (exact) mass is 255 g/mol. The molecule has 1 heterocycles. The maximum Gasteiger partial charge on any atom is 0.148 e. The molecule has 0 atom stereocenters. The number of nitrogens with zero attached hydrogens (tertiary/aromatic N) is 3. The summed E-state index contributed by atoms with van der Waals surface area (Å²) in [6, 6.07) is 4.08. The maximum atomic E-state index is 6.05. The van der Waals surface area contributed by atoms with Gasteiger partial charge in [0.15, 0.2) is 0 Å². The van der Waals surface area contributed by atoms with Crippen LogP contribution in [0.2, 0.25) is 0 Å². The van der Waals surface area contributed by atoms with Gasteiger partial charge in [0.05, 0.1) is 12.2 Å². The first-order valence-corrected chi connectivity index (χ1v) is 6.59. The molecular formula is C12H14B5N3. The summed E-state index contributed by atoms with van der Waals surface area (Å²) >= 11 is 0. The van der Waals surface area contributed by atoms with Crippen LogP contribution in [-0.2, 0) is 0 Å². The van der Waals surface area contributed by atoms with Crippen molar-refractivity contribution in [3.05, 3.63) is 34.9 Å². The average Bonchev–Trinajstić information content (AvgIpc) is 2.69. The molecule has 20 heavy (non-hydrogen) atoms. The topological polar surface area (TPSA) is 30.7 Å². The first-order valence-electron chi connectivity index (χ1n) is 6.59. The predicted octanol–water partition coefficient (Wildman–Crippen LogP) is -0.228. The van der Waals surface area contributed by atoms with Gasteiger partial charge in [0, 0.05) is 29.6 Å². The molecule has 1 aromatic heterocycles. The summed E-state index contributed by atoms with van der Waals surface area (Å²) in [7, 11) is 17.4. The van der Waals surface area contributed by atoms with E-state index in [1.807, 2.05) is 44.5 Å². The minimum atomic E-state index is -0.575. The van der Waals surface area contributed by atoms with Gasteiger partial charge in [-0.15, -0.1) is 0 Å². The normalized spacial score (nSPS) is 10.6. The van der Waals surface area contributed by atoms with E-state index in [1.165, 1.54) is 0 Å². The fourth-order valence-corrected chi connectivity index (χ4v) is 2.37.